The number of methoxy groups -OCH3 is 2. The van der Waals surface area contributed by atoms with Crippen molar-refractivity contribution in [1.29, 1.82) is 0 Å². The lowest BCUT2D eigenvalue weighted by Gasteiger charge is -2.25. The average molecular weight is 472 g/mol. The van der Waals surface area contributed by atoms with Crippen LogP contribution in [0.4, 0.5) is 5.13 Å². The Morgan fingerprint density at radius 3 is 2.21 bits per heavy atom. The molecule has 2 heterocycles. The Balaban J connectivity index is 1.72. The molecule has 0 aliphatic carbocycles. The monoisotopic (exact) mass is 471 g/mol. The summed E-state index contributed by atoms with van der Waals surface area (Å²) < 4.78 is 23.1. The second-order valence-corrected chi connectivity index (χ2v) is 8.55. The van der Waals surface area contributed by atoms with Gasteiger partial charge >= 0.3 is 0 Å². The lowest BCUT2D eigenvalue weighted by atomic mass is 10.1. The Bertz CT molecular complexity index is 1060. The van der Waals surface area contributed by atoms with Crippen LogP contribution < -0.4 is 23.8 Å². The number of ether oxygens (including phenoxy) is 4. The van der Waals surface area contributed by atoms with Gasteiger partial charge in [-0.1, -0.05) is 25.2 Å². The van der Waals surface area contributed by atoms with Crippen molar-refractivity contribution in [2.75, 3.05) is 58.5 Å². The summed E-state index contributed by atoms with van der Waals surface area (Å²) in [5.74, 6) is 2.36. The van der Waals surface area contributed by atoms with Crippen LogP contribution in [0.2, 0.25) is 0 Å². The molecule has 33 heavy (non-hydrogen) atoms. The minimum Gasteiger partial charge on any atom is -0.497 e. The van der Waals surface area contributed by atoms with Gasteiger partial charge in [0.2, 0.25) is 0 Å². The molecule has 0 N–H and O–H groups in total. The van der Waals surface area contributed by atoms with Crippen molar-refractivity contribution in [1.82, 2.24) is 9.88 Å². The van der Waals surface area contributed by atoms with E-state index < -0.39 is 0 Å². The Hall–Kier alpha value is -3.04. The Morgan fingerprint density at radius 1 is 0.970 bits per heavy atom. The summed E-state index contributed by atoms with van der Waals surface area (Å²) in [6.07, 6.45) is 0. The molecular formula is C24H29N3O5S. The van der Waals surface area contributed by atoms with Gasteiger partial charge in [0.25, 0.3) is 5.91 Å². The van der Waals surface area contributed by atoms with E-state index in [9.17, 15) is 4.79 Å². The van der Waals surface area contributed by atoms with Gasteiger partial charge in [0, 0.05) is 36.9 Å². The molecule has 1 amide bonds. The average Bonchev–Trinajstić information content (AvgIpc) is 3.26. The van der Waals surface area contributed by atoms with Crippen molar-refractivity contribution in [2.24, 2.45) is 0 Å². The zero-order valence-corrected chi connectivity index (χ0v) is 20.2. The minimum atomic E-state index is -0.157. The second-order valence-electron chi connectivity index (χ2n) is 7.55. The zero-order valence-electron chi connectivity index (χ0n) is 19.4. The molecule has 3 aromatic rings. The van der Waals surface area contributed by atoms with Crippen LogP contribution in [0.3, 0.4) is 0 Å². The normalized spacial score (nSPS) is 12.8. The number of carbonyl (C=O) groups is 1. The third-order valence-electron chi connectivity index (χ3n) is 5.65. The molecule has 2 aromatic carbocycles. The summed E-state index contributed by atoms with van der Waals surface area (Å²) in [7, 11) is 3.14. The fourth-order valence-electron chi connectivity index (χ4n) is 3.72. The van der Waals surface area contributed by atoms with Gasteiger partial charge in [0.15, 0.2) is 16.6 Å². The molecule has 0 radical (unpaired) electrons. The van der Waals surface area contributed by atoms with Gasteiger partial charge in [-0.15, -0.1) is 0 Å². The first-order valence-electron chi connectivity index (χ1n) is 11.0. The summed E-state index contributed by atoms with van der Waals surface area (Å²) in [4.78, 5) is 22.5. The topological polar surface area (TPSA) is 73.4 Å². The predicted octanol–water partition coefficient (Wildman–Crippen LogP) is 4.07. The highest BCUT2D eigenvalue weighted by Crippen LogP contribution is 2.39. The van der Waals surface area contributed by atoms with Crippen LogP contribution in [0.1, 0.15) is 24.2 Å². The maximum atomic E-state index is 13.7. The lowest BCUT2D eigenvalue weighted by molar-refractivity contribution is 0.0983. The first-order chi connectivity index (χ1) is 16.1. The van der Waals surface area contributed by atoms with Crippen molar-refractivity contribution < 1.29 is 23.7 Å². The highest BCUT2D eigenvalue weighted by molar-refractivity contribution is 7.22. The number of fused-ring (bicyclic) bond motifs is 2. The number of amides is 1. The SMILES string of the molecule is CCN(CC)CCN(C(=O)c1cc(OC)cc(OC)c1)c1nc2cc3c(cc2s1)OCCO3. The summed E-state index contributed by atoms with van der Waals surface area (Å²) in [6.45, 7) is 8.33. The standard InChI is InChI=1S/C24H29N3O5S/c1-5-26(6-2)7-8-27(23(28)16-11-17(29-3)13-18(12-16)30-4)24-25-19-14-20-21(15-22(19)33-24)32-10-9-31-20/h11-15H,5-10H2,1-4H3. The number of nitrogens with zero attached hydrogens (tertiary/aromatic N) is 3. The van der Waals surface area contributed by atoms with Gasteiger partial charge < -0.3 is 23.8 Å². The van der Waals surface area contributed by atoms with Gasteiger partial charge in [-0.25, -0.2) is 4.98 Å². The number of benzene rings is 2. The molecule has 0 unspecified atom stereocenters. The number of aromatic nitrogens is 1. The van der Waals surface area contributed by atoms with E-state index in [0.29, 0.717) is 53.5 Å². The quantitative estimate of drug-likeness (QED) is 0.466. The molecule has 9 heteroatoms. The number of hydrogen-bond donors (Lipinski definition) is 0. The van der Waals surface area contributed by atoms with E-state index in [1.807, 2.05) is 12.1 Å². The molecule has 176 valence electrons. The fourth-order valence-corrected chi connectivity index (χ4v) is 4.72. The Labute approximate surface area is 197 Å². The van der Waals surface area contributed by atoms with Crippen LogP contribution in [0.15, 0.2) is 30.3 Å². The summed E-state index contributed by atoms with van der Waals surface area (Å²) in [5, 5.41) is 0.631. The number of hydrogen-bond acceptors (Lipinski definition) is 8. The third-order valence-corrected chi connectivity index (χ3v) is 6.69. The zero-order chi connectivity index (χ0) is 23.4. The van der Waals surface area contributed by atoms with Gasteiger partial charge in [-0.05, 0) is 25.2 Å². The van der Waals surface area contributed by atoms with Gasteiger partial charge in [0.1, 0.15) is 24.7 Å². The van der Waals surface area contributed by atoms with Gasteiger partial charge in [-0.3, -0.25) is 9.69 Å². The number of thiazole rings is 1. The Kier molecular flexibility index (Phi) is 7.20. The molecule has 0 fully saturated rings. The Morgan fingerprint density at radius 2 is 1.61 bits per heavy atom. The molecular weight excluding hydrogens is 442 g/mol. The lowest BCUT2D eigenvalue weighted by Crippen LogP contribution is -2.38. The molecule has 0 saturated carbocycles. The summed E-state index contributed by atoms with van der Waals surface area (Å²) >= 11 is 1.47. The summed E-state index contributed by atoms with van der Waals surface area (Å²) in [6, 6.07) is 9.02. The molecule has 1 aliphatic rings. The largest absolute Gasteiger partial charge is 0.497 e. The van der Waals surface area contributed by atoms with Crippen LogP contribution in [0.5, 0.6) is 23.0 Å². The van der Waals surface area contributed by atoms with E-state index in [1.165, 1.54) is 11.3 Å². The molecule has 1 aliphatic heterocycles. The smallest absolute Gasteiger partial charge is 0.260 e. The van der Waals surface area contributed by atoms with Crippen LogP contribution in [0, 0.1) is 0 Å². The van der Waals surface area contributed by atoms with Crippen molar-refractivity contribution in [2.45, 2.75) is 13.8 Å². The molecule has 8 nitrogen and oxygen atoms in total. The van der Waals surface area contributed by atoms with Crippen LogP contribution >= 0.6 is 11.3 Å². The molecule has 4 rings (SSSR count). The number of rotatable bonds is 9. The molecule has 0 spiro atoms. The van der Waals surface area contributed by atoms with Crippen molar-refractivity contribution in [3.05, 3.63) is 35.9 Å². The third kappa shape index (κ3) is 4.99. The van der Waals surface area contributed by atoms with Crippen LogP contribution in [-0.2, 0) is 0 Å². The van der Waals surface area contributed by atoms with E-state index in [-0.39, 0.29) is 5.91 Å². The van der Waals surface area contributed by atoms with E-state index in [1.54, 1.807) is 37.3 Å². The van der Waals surface area contributed by atoms with Gasteiger partial charge in [-0.2, -0.15) is 0 Å². The summed E-state index contributed by atoms with van der Waals surface area (Å²) in [5.41, 5.74) is 1.26. The van der Waals surface area contributed by atoms with Crippen molar-refractivity contribution >= 4 is 32.6 Å². The molecule has 0 atom stereocenters. The van der Waals surface area contributed by atoms with Gasteiger partial charge in [0.05, 0.1) is 24.4 Å². The van der Waals surface area contributed by atoms with Crippen molar-refractivity contribution in [3.8, 4) is 23.0 Å². The van der Waals surface area contributed by atoms with E-state index in [2.05, 4.69) is 18.7 Å². The highest BCUT2D eigenvalue weighted by atomic mass is 32.1. The first-order valence-corrected chi connectivity index (χ1v) is 11.8. The van der Waals surface area contributed by atoms with Crippen LogP contribution in [-0.4, -0.2) is 69.4 Å². The van der Waals surface area contributed by atoms with E-state index >= 15 is 0 Å². The highest BCUT2D eigenvalue weighted by Gasteiger charge is 2.24. The minimum absolute atomic E-state index is 0.157. The fraction of sp³-hybridized carbons (Fsp3) is 0.417. The van der Waals surface area contributed by atoms with E-state index in [0.717, 1.165) is 29.9 Å². The number of carbonyl (C=O) groups excluding carboxylic acids is 1. The van der Waals surface area contributed by atoms with E-state index in [4.69, 9.17) is 23.9 Å². The molecule has 0 saturated heterocycles. The predicted molar refractivity (Wildman–Crippen MR) is 130 cm³/mol. The molecule has 0 bridgehead atoms. The van der Waals surface area contributed by atoms with Crippen molar-refractivity contribution in [3.63, 3.8) is 0 Å². The maximum Gasteiger partial charge on any atom is 0.260 e. The second kappa shape index (κ2) is 10.3. The number of anilines is 1. The van der Waals surface area contributed by atoms with Crippen LogP contribution in [0.25, 0.3) is 10.2 Å². The number of likely N-dealkylation sites (N-methyl/N-ethyl adjacent to an activating group) is 1. The first kappa shape index (κ1) is 23.1. The maximum absolute atomic E-state index is 13.7. The molecule has 1 aromatic heterocycles.